The molecule has 1 heterocycles. The van der Waals surface area contributed by atoms with Crippen LogP contribution in [0.25, 0.3) is 0 Å². The van der Waals surface area contributed by atoms with Gasteiger partial charge in [0.25, 0.3) is 0 Å². The number of carboxylic acid groups (broad SMARTS) is 1. The Bertz CT molecular complexity index is 359. The molecule has 0 saturated carbocycles. The molecule has 0 amide bonds. The lowest BCUT2D eigenvalue weighted by Gasteiger charge is -2.14. The molecule has 82 valence electrons. The second-order valence-corrected chi connectivity index (χ2v) is 3.76. The van der Waals surface area contributed by atoms with Crippen LogP contribution in [0.15, 0.2) is 15.9 Å². The van der Waals surface area contributed by atoms with Gasteiger partial charge in [0.2, 0.25) is 0 Å². The van der Waals surface area contributed by atoms with Crippen LogP contribution in [0.5, 0.6) is 0 Å². The first kappa shape index (κ1) is 11.4. The molecule has 7 heteroatoms. The third-order valence-corrected chi connectivity index (χ3v) is 2.54. The molecule has 0 aliphatic carbocycles. The number of guanidine groups is 1. The summed E-state index contributed by atoms with van der Waals surface area (Å²) in [7, 11) is 0. The highest BCUT2D eigenvalue weighted by Gasteiger charge is 2.26. The third kappa shape index (κ3) is 2.91. The maximum atomic E-state index is 10.9. The topological polar surface area (TPSA) is 115 Å². The summed E-state index contributed by atoms with van der Waals surface area (Å²) < 4.78 is 0. The second-order valence-electron chi connectivity index (χ2n) is 3.04. The number of carboxylic acids is 1. The number of thiazole rings is 1. The number of aliphatic imine (C=N–C) groups is 1. The van der Waals surface area contributed by atoms with Crippen LogP contribution in [0.4, 0.5) is 0 Å². The number of hydrogen-bond donors (Lipinski definition) is 3. The maximum absolute atomic E-state index is 10.9. The molecule has 0 bridgehead atoms. The molecule has 1 aromatic heterocycles. The average Bonchev–Trinajstić information content (AvgIpc) is 2.65. The van der Waals surface area contributed by atoms with Crippen molar-refractivity contribution in [3.63, 3.8) is 0 Å². The van der Waals surface area contributed by atoms with Gasteiger partial charge in [0.15, 0.2) is 12.0 Å². The fraction of sp³-hybridized carbons (Fsp3) is 0.375. The van der Waals surface area contributed by atoms with E-state index in [9.17, 15) is 4.79 Å². The van der Waals surface area contributed by atoms with Gasteiger partial charge in [-0.2, -0.15) is 0 Å². The van der Waals surface area contributed by atoms with E-state index in [1.54, 1.807) is 17.8 Å². The van der Waals surface area contributed by atoms with E-state index in [1.165, 1.54) is 11.3 Å². The molecule has 0 aliphatic heterocycles. The van der Waals surface area contributed by atoms with Crippen LogP contribution >= 0.6 is 11.3 Å². The summed E-state index contributed by atoms with van der Waals surface area (Å²) in [6, 6.07) is -0.989. The van der Waals surface area contributed by atoms with Gasteiger partial charge in [-0.25, -0.2) is 14.8 Å². The quantitative estimate of drug-likeness (QED) is 0.494. The monoisotopic (exact) mass is 228 g/mol. The number of rotatable bonds is 4. The lowest BCUT2D eigenvalue weighted by atomic mass is 10.00. The normalized spacial score (nSPS) is 14.2. The first-order valence-corrected chi connectivity index (χ1v) is 5.16. The highest BCUT2D eigenvalue weighted by molar-refractivity contribution is 7.07. The summed E-state index contributed by atoms with van der Waals surface area (Å²) in [5.74, 6) is -1.65. The number of aliphatic carboxylic acids is 1. The second kappa shape index (κ2) is 4.74. The Kier molecular flexibility index (Phi) is 3.62. The summed E-state index contributed by atoms with van der Waals surface area (Å²) in [4.78, 5) is 18.6. The standard InChI is InChI=1S/C8H12N4O2S/c1-4(5-2-15-3-11-5)6(7(13)14)12-8(9)10/h2-4,6H,1H3,(H,13,14)(H4,9,10,12). The minimum absolute atomic E-state index is 0.232. The molecule has 15 heavy (non-hydrogen) atoms. The van der Waals surface area contributed by atoms with Gasteiger partial charge in [0, 0.05) is 11.3 Å². The Balaban J connectivity index is 2.91. The van der Waals surface area contributed by atoms with Gasteiger partial charge >= 0.3 is 5.97 Å². The number of carbonyl (C=O) groups is 1. The van der Waals surface area contributed by atoms with E-state index >= 15 is 0 Å². The molecule has 1 aromatic rings. The van der Waals surface area contributed by atoms with E-state index in [1.807, 2.05) is 0 Å². The van der Waals surface area contributed by atoms with E-state index in [4.69, 9.17) is 16.6 Å². The van der Waals surface area contributed by atoms with Crippen molar-refractivity contribution in [1.82, 2.24) is 4.98 Å². The predicted molar refractivity (Wildman–Crippen MR) is 57.8 cm³/mol. The average molecular weight is 228 g/mol. The van der Waals surface area contributed by atoms with Crippen LogP contribution < -0.4 is 11.5 Å². The molecule has 6 nitrogen and oxygen atoms in total. The fourth-order valence-corrected chi connectivity index (χ4v) is 1.81. The zero-order valence-corrected chi connectivity index (χ0v) is 8.94. The smallest absolute Gasteiger partial charge is 0.329 e. The van der Waals surface area contributed by atoms with E-state index in [2.05, 4.69) is 9.98 Å². The minimum atomic E-state index is -1.07. The predicted octanol–water partition coefficient (Wildman–Crippen LogP) is -0.0268. The molecule has 0 spiro atoms. The largest absolute Gasteiger partial charge is 0.480 e. The highest BCUT2D eigenvalue weighted by Crippen LogP contribution is 2.21. The third-order valence-electron chi connectivity index (χ3n) is 1.93. The Morgan fingerprint density at radius 3 is 2.73 bits per heavy atom. The van der Waals surface area contributed by atoms with Crippen molar-refractivity contribution in [2.75, 3.05) is 0 Å². The Morgan fingerprint density at radius 1 is 1.67 bits per heavy atom. The van der Waals surface area contributed by atoms with E-state index in [0.717, 1.165) is 0 Å². The first-order chi connectivity index (χ1) is 7.02. The lowest BCUT2D eigenvalue weighted by Crippen LogP contribution is -2.32. The number of hydrogen-bond acceptors (Lipinski definition) is 4. The van der Waals surface area contributed by atoms with Gasteiger partial charge in [0.05, 0.1) is 11.2 Å². The van der Waals surface area contributed by atoms with Crippen molar-refractivity contribution in [3.8, 4) is 0 Å². The molecule has 0 radical (unpaired) electrons. The number of nitrogens with zero attached hydrogens (tertiary/aromatic N) is 2. The maximum Gasteiger partial charge on any atom is 0.329 e. The molecule has 0 saturated heterocycles. The van der Waals surface area contributed by atoms with Gasteiger partial charge < -0.3 is 16.6 Å². The van der Waals surface area contributed by atoms with Gasteiger partial charge in [-0.05, 0) is 0 Å². The van der Waals surface area contributed by atoms with E-state index in [0.29, 0.717) is 5.69 Å². The van der Waals surface area contributed by atoms with Crippen molar-refractivity contribution in [3.05, 3.63) is 16.6 Å². The van der Waals surface area contributed by atoms with Crippen LogP contribution in [-0.2, 0) is 4.79 Å². The molecule has 2 unspecified atom stereocenters. The molecule has 0 fully saturated rings. The molecule has 5 N–H and O–H groups in total. The minimum Gasteiger partial charge on any atom is -0.480 e. The summed E-state index contributed by atoms with van der Waals surface area (Å²) in [6.07, 6.45) is 0. The summed E-state index contributed by atoms with van der Waals surface area (Å²) in [5.41, 5.74) is 12.7. The van der Waals surface area contributed by atoms with Gasteiger partial charge in [0.1, 0.15) is 0 Å². The van der Waals surface area contributed by atoms with Crippen LogP contribution in [0.1, 0.15) is 18.5 Å². The molecule has 2 atom stereocenters. The van der Waals surface area contributed by atoms with Crippen molar-refractivity contribution >= 4 is 23.3 Å². The Morgan fingerprint density at radius 2 is 2.33 bits per heavy atom. The summed E-state index contributed by atoms with van der Waals surface area (Å²) >= 11 is 1.40. The van der Waals surface area contributed by atoms with Gasteiger partial charge in [-0.1, -0.05) is 6.92 Å². The molecular formula is C8H12N4O2S. The Hall–Kier alpha value is -1.63. The van der Waals surface area contributed by atoms with E-state index < -0.39 is 12.0 Å². The van der Waals surface area contributed by atoms with Crippen LogP contribution in [0, 0.1) is 0 Å². The van der Waals surface area contributed by atoms with Crippen LogP contribution in [0.3, 0.4) is 0 Å². The molecule has 1 rings (SSSR count). The SMILES string of the molecule is CC(c1cscn1)C(N=C(N)N)C(=O)O. The molecule has 0 aliphatic rings. The number of nitrogens with two attached hydrogens (primary N) is 2. The van der Waals surface area contributed by atoms with Crippen molar-refractivity contribution in [2.24, 2.45) is 16.5 Å². The lowest BCUT2D eigenvalue weighted by molar-refractivity contribution is -0.138. The molecule has 0 aromatic carbocycles. The summed E-state index contributed by atoms with van der Waals surface area (Å²) in [6.45, 7) is 1.72. The Labute approximate surface area is 90.6 Å². The first-order valence-electron chi connectivity index (χ1n) is 4.22. The van der Waals surface area contributed by atoms with E-state index in [-0.39, 0.29) is 11.9 Å². The van der Waals surface area contributed by atoms with Crippen LogP contribution in [-0.4, -0.2) is 28.1 Å². The fourth-order valence-electron chi connectivity index (χ4n) is 1.15. The molecular weight excluding hydrogens is 216 g/mol. The van der Waals surface area contributed by atoms with Gasteiger partial charge in [-0.3, -0.25) is 0 Å². The zero-order valence-electron chi connectivity index (χ0n) is 8.12. The summed E-state index contributed by atoms with van der Waals surface area (Å²) in [5, 5.41) is 10.7. The van der Waals surface area contributed by atoms with Crippen LogP contribution in [0.2, 0.25) is 0 Å². The van der Waals surface area contributed by atoms with Crippen molar-refractivity contribution in [2.45, 2.75) is 18.9 Å². The number of aromatic nitrogens is 1. The highest BCUT2D eigenvalue weighted by atomic mass is 32.1. The van der Waals surface area contributed by atoms with Crippen molar-refractivity contribution < 1.29 is 9.90 Å². The zero-order chi connectivity index (χ0) is 11.4. The van der Waals surface area contributed by atoms with Gasteiger partial charge in [-0.15, -0.1) is 11.3 Å². The van der Waals surface area contributed by atoms with Crippen molar-refractivity contribution in [1.29, 1.82) is 0 Å².